The summed E-state index contributed by atoms with van der Waals surface area (Å²) in [7, 11) is 1.69. The number of amides is 1. The highest BCUT2D eigenvalue weighted by molar-refractivity contribution is 7.22. The van der Waals surface area contributed by atoms with Gasteiger partial charge >= 0.3 is 0 Å². The summed E-state index contributed by atoms with van der Waals surface area (Å²) in [6.45, 7) is 7.28. The number of ether oxygens (including phenoxy) is 2. The van der Waals surface area contributed by atoms with E-state index in [4.69, 9.17) is 9.47 Å². The Morgan fingerprint density at radius 1 is 1.08 bits per heavy atom. The van der Waals surface area contributed by atoms with Crippen LogP contribution >= 0.6 is 11.3 Å². The number of anilines is 2. The van der Waals surface area contributed by atoms with Crippen molar-refractivity contribution in [2.24, 2.45) is 0 Å². The number of rotatable bonds is 7. The fraction of sp³-hybridized carbons (Fsp3) is 0.308. The summed E-state index contributed by atoms with van der Waals surface area (Å²) in [6, 6.07) is 16.2. The number of fused-ring (bicyclic) bond motifs is 1. The maximum atomic E-state index is 11.4. The van der Waals surface area contributed by atoms with Crippen LogP contribution in [0.25, 0.3) is 10.2 Å². The van der Waals surface area contributed by atoms with Crippen molar-refractivity contribution in [1.82, 2.24) is 19.9 Å². The molecule has 3 heterocycles. The Hall–Kier alpha value is -3.76. The number of hydrogen-bond donors (Lipinski definition) is 1. The topological polar surface area (TPSA) is 92.7 Å². The van der Waals surface area contributed by atoms with Gasteiger partial charge in [0, 0.05) is 45.2 Å². The number of piperazine rings is 1. The lowest BCUT2D eigenvalue weighted by atomic mass is 10.1. The molecular weight excluding hydrogens is 476 g/mol. The van der Waals surface area contributed by atoms with Crippen molar-refractivity contribution in [1.29, 1.82) is 0 Å². The van der Waals surface area contributed by atoms with E-state index in [1.165, 1.54) is 30.2 Å². The lowest BCUT2D eigenvalue weighted by Crippen LogP contribution is -2.47. The van der Waals surface area contributed by atoms with E-state index in [0.717, 1.165) is 42.4 Å². The first kappa shape index (κ1) is 24.0. The molecule has 1 saturated heterocycles. The van der Waals surface area contributed by atoms with E-state index in [9.17, 15) is 4.79 Å². The molecule has 1 aliphatic rings. The Kier molecular flexibility index (Phi) is 6.97. The van der Waals surface area contributed by atoms with Gasteiger partial charge < -0.3 is 19.7 Å². The van der Waals surface area contributed by atoms with E-state index in [1.807, 2.05) is 36.4 Å². The van der Waals surface area contributed by atoms with Crippen molar-refractivity contribution in [2.45, 2.75) is 19.9 Å². The molecule has 10 heteroatoms. The van der Waals surface area contributed by atoms with Crippen LogP contribution < -0.4 is 19.7 Å². The molecule has 2 aromatic carbocycles. The number of nitrogens with one attached hydrogen (secondary N) is 1. The number of carbonyl (C=O) groups is 1. The summed E-state index contributed by atoms with van der Waals surface area (Å²) in [5.74, 6) is 2.59. The van der Waals surface area contributed by atoms with Crippen LogP contribution in [-0.2, 0) is 4.79 Å². The second-order valence-corrected chi connectivity index (χ2v) is 9.62. The van der Waals surface area contributed by atoms with E-state index < -0.39 is 0 Å². The zero-order valence-corrected chi connectivity index (χ0v) is 21.3. The third kappa shape index (κ3) is 5.24. The van der Waals surface area contributed by atoms with Crippen LogP contribution in [0.2, 0.25) is 0 Å². The standard InChI is InChI=1S/C26H28N6O3S/c1-17(19-7-9-20(34-3)10-8-19)31-11-13-32(14-12-31)23-15-24(28-16-27-23)35-21-5-4-6-22-25(21)30-26(36-22)29-18(2)33/h4-10,15-17H,11-14H2,1-3H3,(H,29,30,33)/t17-/m1/s1. The number of hydrogen-bond acceptors (Lipinski definition) is 9. The molecule has 9 nitrogen and oxygen atoms in total. The summed E-state index contributed by atoms with van der Waals surface area (Å²) in [6.07, 6.45) is 1.53. The molecule has 186 valence electrons. The van der Waals surface area contributed by atoms with E-state index in [1.54, 1.807) is 7.11 Å². The van der Waals surface area contributed by atoms with Gasteiger partial charge in [-0.25, -0.2) is 15.0 Å². The third-order valence-corrected chi connectivity index (χ3v) is 7.23. The molecule has 0 bridgehead atoms. The van der Waals surface area contributed by atoms with Gasteiger partial charge in [-0.05, 0) is 36.8 Å². The van der Waals surface area contributed by atoms with Gasteiger partial charge in [0.05, 0.1) is 11.8 Å². The lowest BCUT2D eigenvalue weighted by Gasteiger charge is -2.38. The predicted octanol–water partition coefficient (Wildman–Crippen LogP) is 4.73. The van der Waals surface area contributed by atoms with Crippen LogP contribution in [0, 0.1) is 0 Å². The molecule has 0 spiro atoms. The minimum atomic E-state index is -0.157. The number of methoxy groups -OCH3 is 1. The van der Waals surface area contributed by atoms with Gasteiger partial charge in [-0.2, -0.15) is 0 Å². The predicted molar refractivity (Wildman–Crippen MR) is 141 cm³/mol. The quantitative estimate of drug-likeness (QED) is 0.386. The smallest absolute Gasteiger partial charge is 0.224 e. The highest BCUT2D eigenvalue weighted by atomic mass is 32.1. The molecule has 0 aliphatic carbocycles. The summed E-state index contributed by atoms with van der Waals surface area (Å²) >= 11 is 1.40. The van der Waals surface area contributed by atoms with Gasteiger partial charge in [-0.15, -0.1) is 0 Å². The Bertz CT molecular complexity index is 1350. The molecule has 0 saturated carbocycles. The Morgan fingerprint density at radius 2 is 1.86 bits per heavy atom. The van der Waals surface area contributed by atoms with Crippen molar-refractivity contribution in [3.05, 3.63) is 60.4 Å². The number of nitrogens with zero attached hydrogens (tertiary/aromatic N) is 5. The molecule has 1 amide bonds. The van der Waals surface area contributed by atoms with Gasteiger partial charge in [0.2, 0.25) is 11.8 Å². The maximum absolute atomic E-state index is 11.4. The minimum absolute atomic E-state index is 0.157. The van der Waals surface area contributed by atoms with E-state index in [-0.39, 0.29) is 5.91 Å². The molecule has 1 N–H and O–H groups in total. The summed E-state index contributed by atoms with van der Waals surface area (Å²) < 4.78 is 12.3. The van der Waals surface area contributed by atoms with E-state index >= 15 is 0 Å². The van der Waals surface area contributed by atoms with Crippen LogP contribution in [0.3, 0.4) is 0 Å². The Balaban J connectivity index is 1.25. The zero-order chi connectivity index (χ0) is 25.1. The van der Waals surface area contributed by atoms with Crippen LogP contribution in [-0.4, -0.2) is 59.0 Å². The second-order valence-electron chi connectivity index (χ2n) is 8.59. The molecule has 1 aliphatic heterocycles. The van der Waals surface area contributed by atoms with Crippen molar-refractivity contribution < 1.29 is 14.3 Å². The highest BCUT2D eigenvalue weighted by Gasteiger charge is 2.23. The molecule has 1 atom stereocenters. The third-order valence-electron chi connectivity index (χ3n) is 6.29. The monoisotopic (exact) mass is 504 g/mol. The molecular formula is C26H28N6O3S. The van der Waals surface area contributed by atoms with Crippen LogP contribution in [0.5, 0.6) is 17.4 Å². The van der Waals surface area contributed by atoms with Crippen LogP contribution in [0.4, 0.5) is 10.9 Å². The zero-order valence-electron chi connectivity index (χ0n) is 20.5. The average molecular weight is 505 g/mol. The van der Waals surface area contributed by atoms with Gasteiger partial charge in [0.15, 0.2) is 10.9 Å². The molecule has 5 rings (SSSR count). The van der Waals surface area contributed by atoms with Crippen LogP contribution in [0.15, 0.2) is 54.9 Å². The first-order chi connectivity index (χ1) is 17.5. The molecule has 36 heavy (non-hydrogen) atoms. The van der Waals surface area contributed by atoms with Gasteiger partial charge in [0.25, 0.3) is 0 Å². The lowest BCUT2D eigenvalue weighted by molar-refractivity contribution is -0.114. The van der Waals surface area contributed by atoms with Crippen molar-refractivity contribution >= 4 is 38.4 Å². The number of thiazole rings is 1. The van der Waals surface area contributed by atoms with Crippen molar-refractivity contribution in [3.63, 3.8) is 0 Å². The molecule has 2 aromatic heterocycles. The maximum Gasteiger partial charge on any atom is 0.224 e. The van der Waals surface area contributed by atoms with Crippen molar-refractivity contribution in [3.8, 4) is 17.4 Å². The first-order valence-corrected chi connectivity index (χ1v) is 12.6. The fourth-order valence-corrected chi connectivity index (χ4v) is 5.24. The minimum Gasteiger partial charge on any atom is -0.497 e. The normalized spacial score (nSPS) is 15.0. The number of carbonyl (C=O) groups excluding carboxylic acids is 1. The van der Waals surface area contributed by atoms with Gasteiger partial charge in [0.1, 0.15) is 23.4 Å². The molecule has 1 fully saturated rings. The molecule has 0 unspecified atom stereocenters. The number of para-hydroxylation sites is 1. The van der Waals surface area contributed by atoms with E-state index in [0.29, 0.717) is 28.3 Å². The second kappa shape index (κ2) is 10.5. The number of aromatic nitrogens is 3. The fourth-order valence-electron chi connectivity index (χ4n) is 4.31. The van der Waals surface area contributed by atoms with E-state index in [2.05, 4.69) is 49.1 Å². The summed E-state index contributed by atoms with van der Waals surface area (Å²) in [5.41, 5.74) is 1.97. The molecule has 0 radical (unpaired) electrons. The van der Waals surface area contributed by atoms with Gasteiger partial charge in [-0.1, -0.05) is 29.5 Å². The van der Waals surface area contributed by atoms with Gasteiger partial charge in [-0.3, -0.25) is 9.69 Å². The first-order valence-electron chi connectivity index (χ1n) is 11.8. The Morgan fingerprint density at radius 3 is 2.58 bits per heavy atom. The largest absolute Gasteiger partial charge is 0.497 e. The Labute approximate surface area is 213 Å². The SMILES string of the molecule is COc1ccc([C@@H](C)N2CCN(c3cc(Oc4cccc5sc(NC(C)=O)nc45)ncn3)CC2)cc1. The number of benzene rings is 2. The highest BCUT2D eigenvalue weighted by Crippen LogP contribution is 2.35. The van der Waals surface area contributed by atoms with Crippen molar-refractivity contribution in [2.75, 3.05) is 43.5 Å². The van der Waals surface area contributed by atoms with Crippen LogP contribution in [0.1, 0.15) is 25.5 Å². The molecule has 4 aromatic rings. The summed E-state index contributed by atoms with van der Waals surface area (Å²) in [4.78, 5) is 29.5. The average Bonchev–Trinajstić information content (AvgIpc) is 3.31. The summed E-state index contributed by atoms with van der Waals surface area (Å²) in [5, 5.41) is 3.28.